The van der Waals surface area contributed by atoms with E-state index in [1.54, 1.807) is 0 Å². The molecule has 1 N–H and O–H groups in total. The molecule has 0 fully saturated rings. The molecule has 6 rings (SSSR count). The van der Waals surface area contributed by atoms with E-state index in [0.29, 0.717) is 5.57 Å². The van der Waals surface area contributed by atoms with Gasteiger partial charge in [0.2, 0.25) is 0 Å². The number of aromatic nitrogens is 2. The summed E-state index contributed by atoms with van der Waals surface area (Å²) in [7, 11) is 0. The summed E-state index contributed by atoms with van der Waals surface area (Å²) < 4.78 is 7.29. The number of hydrogen-bond acceptors (Lipinski definition) is 4. The Kier molecular flexibility index (Phi) is 3.38. The zero-order valence-electron chi connectivity index (χ0n) is 15.5. The average molecular weight is 379 g/mol. The zero-order valence-corrected chi connectivity index (χ0v) is 15.5. The van der Waals surface area contributed by atoms with Crippen molar-refractivity contribution in [3.8, 4) is 5.69 Å². The predicted molar refractivity (Wildman–Crippen MR) is 111 cm³/mol. The lowest BCUT2D eigenvalue weighted by atomic mass is 9.81. The molecule has 1 aromatic heterocycles. The number of fused-ring (bicyclic) bond motifs is 2. The van der Waals surface area contributed by atoms with E-state index in [-0.39, 0.29) is 18.5 Å². The maximum absolute atomic E-state index is 12.7. The Morgan fingerprint density at radius 3 is 2.62 bits per heavy atom. The minimum Gasteiger partial charge on any atom is -0.456 e. The van der Waals surface area contributed by atoms with Gasteiger partial charge in [-0.15, -0.1) is 0 Å². The van der Waals surface area contributed by atoms with Gasteiger partial charge in [-0.1, -0.05) is 60.7 Å². The molecule has 4 aromatic rings. The molecule has 0 saturated heterocycles. The van der Waals surface area contributed by atoms with Crippen LogP contribution >= 0.6 is 0 Å². The molecule has 29 heavy (non-hydrogen) atoms. The minimum atomic E-state index is -0.261. The number of esters is 1. The summed E-state index contributed by atoms with van der Waals surface area (Å²) in [6.45, 7) is 0.259. The standard InChI is InChI=1S/C24H17N3O2/c28-24-22-20(14-29-24)26-23-19(13-25-27(23)16-9-2-1-3-10-16)21(22)18-12-6-8-15-7-4-5-11-17(15)18/h1-13,21,26H,14H2. The number of carbonyl (C=O) groups excluding carboxylic acids is 1. The summed E-state index contributed by atoms with van der Waals surface area (Å²) in [5, 5.41) is 10.3. The average Bonchev–Trinajstić information content (AvgIpc) is 3.36. The molecule has 0 aliphatic carbocycles. The number of rotatable bonds is 2. The fourth-order valence-corrected chi connectivity index (χ4v) is 4.40. The summed E-state index contributed by atoms with van der Waals surface area (Å²) in [5.74, 6) is 0.398. The molecule has 3 aromatic carbocycles. The molecular weight excluding hydrogens is 362 g/mol. The maximum Gasteiger partial charge on any atom is 0.337 e. The normalized spacial score (nSPS) is 17.7. The monoisotopic (exact) mass is 379 g/mol. The van der Waals surface area contributed by atoms with Crippen molar-refractivity contribution in [2.45, 2.75) is 5.92 Å². The first kappa shape index (κ1) is 16.1. The Labute approximate surface area is 167 Å². The van der Waals surface area contributed by atoms with Gasteiger partial charge in [-0.3, -0.25) is 0 Å². The van der Waals surface area contributed by atoms with Crippen LogP contribution in [0.25, 0.3) is 16.5 Å². The molecule has 0 bridgehead atoms. The highest BCUT2D eigenvalue weighted by Gasteiger charge is 2.40. The third-order valence-corrected chi connectivity index (χ3v) is 5.69. The van der Waals surface area contributed by atoms with Crippen molar-refractivity contribution in [2.24, 2.45) is 0 Å². The quantitative estimate of drug-likeness (QED) is 0.525. The fraction of sp³-hybridized carbons (Fsp3) is 0.0833. The van der Waals surface area contributed by atoms with Crippen LogP contribution in [0.1, 0.15) is 17.0 Å². The summed E-state index contributed by atoms with van der Waals surface area (Å²) in [5.41, 5.74) is 4.53. The molecule has 1 atom stereocenters. The molecular formula is C24H17N3O2. The second-order valence-corrected chi connectivity index (χ2v) is 7.29. The van der Waals surface area contributed by atoms with Crippen LogP contribution in [0.4, 0.5) is 5.82 Å². The molecule has 2 aliphatic heterocycles. The number of hydrogen-bond donors (Lipinski definition) is 1. The second kappa shape index (κ2) is 6.07. The number of benzene rings is 3. The van der Waals surface area contributed by atoms with Crippen molar-refractivity contribution in [1.82, 2.24) is 9.78 Å². The predicted octanol–water partition coefficient (Wildman–Crippen LogP) is 4.39. The van der Waals surface area contributed by atoms with Crippen molar-refractivity contribution >= 4 is 22.6 Å². The third-order valence-electron chi connectivity index (χ3n) is 5.69. The van der Waals surface area contributed by atoms with E-state index >= 15 is 0 Å². The Hall–Kier alpha value is -3.86. The van der Waals surface area contributed by atoms with Gasteiger partial charge in [0.1, 0.15) is 12.4 Å². The molecule has 140 valence electrons. The van der Waals surface area contributed by atoms with Gasteiger partial charge in [-0.25, -0.2) is 9.48 Å². The number of para-hydroxylation sites is 1. The first-order valence-electron chi connectivity index (χ1n) is 9.59. The van der Waals surface area contributed by atoms with Gasteiger partial charge >= 0.3 is 5.97 Å². The molecule has 3 heterocycles. The highest BCUT2D eigenvalue weighted by molar-refractivity contribution is 5.99. The van der Waals surface area contributed by atoms with Crippen molar-refractivity contribution in [1.29, 1.82) is 0 Å². The molecule has 0 spiro atoms. The Morgan fingerprint density at radius 1 is 0.931 bits per heavy atom. The zero-order chi connectivity index (χ0) is 19.4. The third kappa shape index (κ3) is 2.34. The van der Waals surface area contributed by atoms with Gasteiger partial charge in [0.25, 0.3) is 0 Å². The SMILES string of the molecule is O=C1OCC2=C1C(c1cccc3ccccc13)c1cnn(-c3ccccc3)c1N2. The largest absolute Gasteiger partial charge is 0.456 e. The smallest absolute Gasteiger partial charge is 0.337 e. The van der Waals surface area contributed by atoms with E-state index in [1.807, 2.05) is 59.4 Å². The van der Waals surface area contributed by atoms with Crippen LogP contribution in [-0.4, -0.2) is 22.4 Å². The Bertz CT molecular complexity index is 1300. The van der Waals surface area contributed by atoms with Gasteiger partial charge in [0.05, 0.1) is 23.2 Å². The number of ether oxygens (including phenoxy) is 1. The van der Waals surface area contributed by atoms with Crippen molar-refractivity contribution in [3.63, 3.8) is 0 Å². The molecule has 0 amide bonds. The lowest BCUT2D eigenvalue weighted by Crippen LogP contribution is -2.20. The van der Waals surface area contributed by atoms with Crippen LogP contribution in [0.2, 0.25) is 0 Å². The van der Waals surface area contributed by atoms with Crippen molar-refractivity contribution in [2.75, 3.05) is 11.9 Å². The van der Waals surface area contributed by atoms with Crippen LogP contribution < -0.4 is 5.32 Å². The van der Waals surface area contributed by atoms with E-state index in [9.17, 15) is 4.79 Å². The Balaban J connectivity index is 1.62. The van der Waals surface area contributed by atoms with Crippen LogP contribution in [0, 0.1) is 0 Å². The first-order valence-corrected chi connectivity index (χ1v) is 9.59. The first-order chi connectivity index (χ1) is 14.3. The summed E-state index contributed by atoms with van der Waals surface area (Å²) >= 11 is 0. The molecule has 5 nitrogen and oxygen atoms in total. The fourth-order valence-electron chi connectivity index (χ4n) is 4.40. The van der Waals surface area contributed by atoms with Gasteiger partial charge in [-0.05, 0) is 28.5 Å². The highest BCUT2D eigenvalue weighted by Crippen LogP contribution is 2.46. The van der Waals surface area contributed by atoms with E-state index in [2.05, 4.69) is 34.7 Å². The topological polar surface area (TPSA) is 56.1 Å². The van der Waals surface area contributed by atoms with E-state index in [0.717, 1.165) is 39.1 Å². The molecule has 2 aliphatic rings. The van der Waals surface area contributed by atoms with Crippen LogP contribution in [0.5, 0.6) is 0 Å². The van der Waals surface area contributed by atoms with Crippen LogP contribution in [0.3, 0.4) is 0 Å². The van der Waals surface area contributed by atoms with Crippen LogP contribution in [0.15, 0.2) is 90.3 Å². The number of cyclic esters (lactones) is 1. The summed E-state index contributed by atoms with van der Waals surface area (Å²) in [6, 6.07) is 24.5. The number of nitrogens with one attached hydrogen (secondary N) is 1. The van der Waals surface area contributed by atoms with Gasteiger partial charge < -0.3 is 10.1 Å². The molecule has 0 saturated carbocycles. The van der Waals surface area contributed by atoms with Gasteiger partial charge in [0, 0.05) is 11.5 Å². The number of nitrogens with zero attached hydrogens (tertiary/aromatic N) is 2. The van der Waals surface area contributed by atoms with E-state index < -0.39 is 0 Å². The van der Waals surface area contributed by atoms with Crippen molar-refractivity contribution < 1.29 is 9.53 Å². The number of anilines is 1. The molecule has 1 unspecified atom stereocenters. The van der Waals surface area contributed by atoms with Gasteiger partial charge in [-0.2, -0.15) is 5.10 Å². The van der Waals surface area contributed by atoms with Crippen LogP contribution in [-0.2, 0) is 9.53 Å². The lowest BCUT2D eigenvalue weighted by molar-refractivity contribution is -0.136. The van der Waals surface area contributed by atoms with Gasteiger partial charge in [0.15, 0.2) is 0 Å². The van der Waals surface area contributed by atoms with Crippen molar-refractivity contribution in [3.05, 3.63) is 101 Å². The highest BCUT2D eigenvalue weighted by atomic mass is 16.5. The maximum atomic E-state index is 12.7. The molecule has 5 heteroatoms. The number of carbonyl (C=O) groups is 1. The van der Waals surface area contributed by atoms with E-state index in [4.69, 9.17) is 4.74 Å². The lowest BCUT2D eigenvalue weighted by Gasteiger charge is -2.26. The Morgan fingerprint density at radius 2 is 1.72 bits per heavy atom. The second-order valence-electron chi connectivity index (χ2n) is 7.29. The summed E-state index contributed by atoms with van der Waals surface area (Å²) in [6.07, 6.45) is 1.86. The molecule has 0 radical (unpaired) electrons. The van der Waals surface area contributed by atoms with E-state index in [1.165, 1.54) is 0 Å². The summed E-state index contributed by atoms with van der Waals surface area (Å²) in [4.78, 5) is 12.7. The minimum absolute atomic E-state index is 0.222.